The lowest BCUT2D eigenvalue weighted by Gasteiger charge is -2.28. The van der Waals surface area contributed by atoms with Crippen LogP contribution in [0.15, 0.2) is 54.9 Å². The molecule has 2 fully saturated rings. The zero-order valence-corrected chi connectivity index (χ0v) is 20.5. The summed E-state index contributed by atoms with van der Waals surface area (Å²) in [6.45, 7) is 3.17. The molecule has 1 aromatic carbocycles. The van der Waals surface area contributed by atoms with Crippen LogP contribution in [0.25, 0.3) is 21.5 Å². The summed E-state index contributed by atoms with van der Waals surface area (Å²) in [6.07, 6.45) is 10.1. The second-order valence-corrected chi connectivity index (χ2v) is 10.1. The zero-order chi connectivity index (χ0) is 23.5. The van der Waals surface area contributed by atoms with Crippen LogP contribution >= 0.6 is 11.3 Å². The van der Waals surface area contributed by atoms with Crippen molar-refractivity contribution in [2.24, 2.45) is 0 Å². The predicted molar refractivity (Wildman–Crippen MR) is 141 cm³/mol. The summed E-state index contributed by atoms with van der Waals surface area (Å²) >= 11 is 1.70. The third-order valence-electron chi connectivity index (χ3n) is 6.64. The molecule has 4 heterocycles. The lowest BCUT2D eigenvalue weighted by Crippen LogP contribution is -2.36. The molecule has 0 unspecified atom stereocenters. The highest BCUT2D eigenvalue weighted by atomic mass is 32.1. The predicted octanol–water partition coefficient (Wildman–Crippen LogP) is 6.13. The third-order valence-corrected chi connectivity index (χ3v) is 7.59. The van der Waals surface area contributed by atoms with E-state index < -0.39 is 0 Å². The number of thiazole rings is 1. The molecular weight excluding hydrogens is 458 g/mol. The minimum absolute atomic E-state index is 0.548. The van der Waals surface area contributed by atoms with Crippen molar-refractivity contribution in [2.45, 2.75) is 38.1 Å². The lowest BCUT2D eigenvalue weighted by molar-refractivity contribution is 0.122. The number of aromatic nitrogens is 3. The molecule has 1 aliphatic carbocycles. The Labute approximate surface area is 209 Å². The van der Waals surface area contributed by atoms with Crippen molar-refractivity contribution in [3.05, 3.63) is 54.9 Å². The van der Waals surface area contributed by atoms with Gasteiger partial charge < -0.3 is 19.7 Å². The maximum absolute atomic E-state index is 6.23. The lowest BCUT2D eigenvalue weighted by atomic mass is 9.96. The van der Waals surface area contributed by atoms with E-state index in [1.165, 1.54) is 32.1 Å². The number of morpholine rings is 1. The average molecular weight is 488 g/mol. The van der Waals surface area contributed by atoms with Crippen LogP contribution in [0.3, 0.4) is 0 Å². The Bertz CT molecular complexity index is 1300. The van der Waals surface area contributed by atoms with Crippen LogP contribution < -0.4 is 15.0 Å². The number of nitrogens with zero attached hydrogens (tertiary/aromatic N) is 4. The fraction of sp³-hybridized carbons (Fsp3) is 0.370. The van der Waals surface area contributed by atoms with E-state index in [-0.39, 0.29) is 0 Å². The van der Waals surface area contributed by atoms with Gasteiger partial charge in [-0.15, -0.1) is 0 Å². The van der Waals surface area contributed by atoms with E-state index in [1.54, 1.807) is 17.5 Å². The quantitative estimate of drug-likeness (QED) is 0.351. The Morgan fingerprint density at radius 2 is 1.74 bits per heavy atom. The fourth-order valence-electron chi connectivity index (χ4n) is 4.76. The SMILES string of the molecule is c1cc(Oc2ccc3nc(NC4CCCCC4)sc3c2)cc(-c2ccnc(N3CCOCC3)c2)n1. The van der Waals surface area contributed by atoms with E-state index in [4.69, 9.17) is 14.5 Å². The summed E-state index contributed by atoms with van der Waals surface area (Å²) < 4.78 is 12.8. The molecule has 3 aromatic heterocycles. The van der Waals surface area contributed by atoms with Crippen LogP contribution in [0.5, 0.6) is 11.5 Å². The van der Waals surface area contributed by atoms with Gasteiger partial charge in [-0.05, 0) is 43.2 Å². The molecule has 1 N–H and O–H groups in total. The van der Waals surface area contributed by atoms with E-state index in [0.29, 0.717) is 6.04 Å². The Hall–Kier alpha value is -3.23. The molecule has 8 heteroatoms. The van der Waals surface area contributed by atoms with Crippen LogP contribution in [-0.4, -0.2) is 47.3 Å². The minimum atomic E-state index is 0.548. The number of benzene rings is 1. The van der Waals surface area contributed by atoms with Gasteiger partial charge in [0, 0.05) is 49.2 Å². The summed E-state index contributed by atoms with van der Waals surface area (Å²) in [6, 6.07) is 14.6. The number of pyridine rings is 2. The van der Waals surface area contributed by atoms with Gasteiger partial charge in [0.1, 0.15) is 17.3 Å². The van der Waals surface area contributed by atoms with Gasteiger partial charge in [-0.2, -0.15) is 0 Å². The van der Waals surface area contributed by atoms with Gasteiger partial charge in [0.15, 0.2) is 5.13 Å². The first-order valence-electron chi connectivity index (χ1n) is 12.4. The van der Waals surface area contributed by atoms with Gasteiger partial charge in [-0.3, -0.25) is 4.98 Å². The molecular formula is C27H29N5O2S. The maximum atomic E-state index is 6.23. The van der Waals surface area contributed by atoms with E-state index in [1.807, 2.05) is 36.5 Å². The zero-order valence-electron chi connectivity index (χ0n) is 19.7. The van der Waals surface area contributed by atoms with Gasteiger partial charge >= 0.3 is 0 Å². The maximum Gasteiger partial charge on any atom is 0.184 e. The molecule has 4 aromatic rings. The molecule has 180 valence electrons. The van der Waals surface area contributed by atoms with Crippen LogP contribution in [-0.2, 0) is 4.74 Å². The first kappa shape index (κ1) is 22.2. The van der Waals surface area contributed by atoms with Gasteiger partial charge in [0.2, 0.25) is 0 Å². The molecule has 1 aliphatic heterocycles. The molecule has 35 heavy (non-hydrogen) atoms. The smallest absolute Gasteiger partial charge is 0.184 e. The van der Waals surface area contributed by atoms with Gasteiger partial charge in [-0.1, -0.05) is 30.6 Å². The average Bonchev–Trinajstić information content (AvgIpc) is 3.31. The number of hydrogen-bond donors (Lipinski definition) is 1. The van der Waals surface area contributed by atoms with Gasteiger partial charge in [0.25, 0.3) is 0 Å². The minimum Gasteiger partial charge on any atom is -0.457 e. The normalized spacial score (nSPS) is 17.0. The molecule has 0 amide bonds. The molecule has 0 bridgehead atoms. The molecule has 2 aliphatic rings. The summed E-state index contributed by atoms with van der Waals surface area (Å²) in [4.78, 5) is 16.2. The van der Waals surface area contributed by atoms with Crippen molar-refractivity contribution >= 4 is 32.5 Å². The number of ether oxygens (including phenoxy) is 2. The van der Waals surface area contributed by atoms with Crippen molar-refractivity contribution in [3.8, 4) is 22.8 Å². The number of anilines is 2. The van der Waals surface area contributed by atoms with E-state index in [0.717, 1.165) is 70.2 Å². The monoisotopic (exact) mass is 487 g/mol. The van der Waals surface area contributed by atoms with Crippen molar-refractivity contribution < 1.29 is 9.47 Å². The Kier molecular flexibility index (Phi) is 6.47. The van der Waals surface area contributed by atoms with E-state index in [9.17, 15) is 0 Å². The molecule has 0 spiro atoms. The number of hydrogen-bond acceptors (Lipinski definition) is 8. The Morgan fingerprint density at radius 1 is 0.914 bits per heavy atom. The third kappa shape index (κ3) is 5.23. The van der Waals surface area contributed by atoms with Crippen LogP contribution in [0, 0.1) is 0 Å². The van der Waals surface area contributed by atoms with Crippen molar-refractivity contribution in [3.63, 3.8) is 0 Å². The fourth-order valence-corrected chi connectivity index (χ4v) is 5.73. The summed E-state index contributed by atoms with van der Waals surface area (Å²) in [5, 5.41) is 4.64. The molecule has 0 atom stereocenters. The van der Waals surface area contributed by atoms with Crippen molar-refractivity contribution in [1.29, 1.82) is 0 Å². The van der Waals surface area contributed by atoms with Crippen LogP contribution in [0.2, 0.25) is 0 Å². The molecule has 1 saturated heterocycles. The largest absolute Gasteiger partial charge is 0.457 e. The second kappa shape index (κ2) is 10.2. The Morgan fingerprint density at radius 3 is 2.63 bits per heavy atom. The number of fused-ring (bicyclic) bond motifs is 1. The molecule has 6 rings (SSSR count). The van der Waals surface area contributed by atoms with Crippen molar-refractivity contribution in [1.82, 2.24) is 15.0 Å². The summed E-state index contributed by atoms with van der Waals surface area (Å²) in [5.41, 5.74) is 2.88. The first-order valence-corrected chi connectivity index (χ1v) is 13.2. The highest BCUT2D eigenvalue weighted by Crippen LogP contribution is 2.33. The number of nitrogens with one attached hydrogen (secondary N) is 1. The molecule has 0 radical (unpaired) electrons. The second-order valence-electron chi connectivity index (χ2n) is 9.11. The topological polar surface area (TPSA) is 72.4 Å². The first-order chi connectivity index (χ1) is 17.3. The van der Waals surface area contributed by atoms with Crippen LogP contribution in [0.1, 0.15) is 32.1 Å². The summed E-state index contributed by atoms with van der Waals surface area (Å²) in [7, 11) is 0. The molecule has 7 nitrogen and oxygen atoms in total. The number of rotatable bonds is 6. The summed E-state index contributed by atoms with van der Waals surface area (Å²) in [5.74, 6) is 2.50. The van der Waals surface area contributed by atoms with Crippen LogP contribution in [0.4, 0.5) is 10.9 Å². The highest BCUT2D eigenvalue weighted by molar-refractivity contribution is 7.22. The highest BCUT2D eigenvalue weighted by Gasteiger charge is 2.16. The Balaban J connectivity index is 1.18. The van der Waals surface area contributed by atoms with E-state index in [2.05, 4.69) is 32.3 Å². The molecule has 1 saturated carbocycles. The van der Waals surface area contributed by atoms with E-state index >= 15 is 0 Å². The standard InChI is InChI=1S/C27H29N5O2S/c1-2-4-20(5-3-1)30-27-31-23-7-6-21(18-25(23)35-27)34-22-9-11-28-24(17-22)19-8-10-29-26(16-19)32-12-14-33-15-13-32/h6-11,16-18,20H,1-5,12-15H2,(H,30,31). The van der Waals surface area contributed by atoms with Gasteiger partial charge in [-0.25, -0.2) is 9.97 Å². The van der Waals surface area contributed by atoms with Gasteiger partial charge in [0.05, 0.1) is 29.1 Å². The van der Waals surface area contributed by atoms with Crippen molar-refractivity contribution in [2.75, 3.05) is 36.5 Å².